The fourth-order valence-electron chi connectivity index (χ4n) is 3.03. The predicted molar refractivity (Wildman–Crippen MR) is 121 cm³/mol. The van der Waals surface area contributed by atoms with E-state index in [1.807, 2.05) is 30.3 Å². The zero-order chi connectivity index (χ0) is 18.2. The summed E-state index contributed by atoms with van der Waals surface area (Å²) in [4.78, 5) is 6.87. The van der Waals surface area contributed by atoms with Gasteiger partial charge in [-0.25, -0.2) is 4.99 Å². The van der Waals surface area contributed by atoms with Crippen molar-refractivity contribution >= 4 is 41.3 Å². The van der Waals surface area contributed by atoms with Crippen LogP contribution in [0, 0.1) is 0 Å². The van der Waals surface area contributed by atoms with Crippen molar-refractivity contribution in [1.29, 1.82) is 0 Å². The summed E-state index contributed by atoms with van der Waals surface area (Å²) < 4.78 is 10.7. The predicted octanol–water partition coefficient (Wildman–Crippen LogP) is 3.21. The molecule has 3 N–H and O–H groups in total. The van der Waals surface area contributed by atoms with Gasteiger partial charge in [-0.2, -0.15) is 0 Å². The molecule has 1 aliphatic rings. The molecule has 6 nitrogen and oxygen atoms in total. The Kier molecular flexibility index (Phi) is 8.83. The van der Waals surface area contributed by atoms with Gasteiger partial charge in [0, 0.05) is 37.1 Å². The highest BCUT2D eigenvalue weighted by atomic mass is 127. The van der Waals surface area contributed by atoms with E-state index in [4.69, 9.17) is 15.2 Å². The molecule has 1 saturated heterocycles. The Balaban J connectivity index is 0.00000261. The van der Waals surface area contributed by atoms with Crippen LogP contribution in [-0.2, 0) is 22.6 Å². The molecule has 1 heterocycles. The molecule has 27 heavy (non-hydrogen) atoms. The third-order valence-corrected chi connectivity index (χ3v) is 4.34. The molecule has 2 aromatic rings. The quantitative estimate of drug-likeness (QED) is 0.376. The Morgan fingerprint density at radius 1 is 1.11 bits per heavy atom. The molecule has 0 radical (unpaired) electrons. The Hall–Kier alpha value is -1.84. The highest BCUT2D eigenvalue weighted by Crippen LogP contribution is 2.22. The molecule has 3 rings (SSSR count). The topological polar surface area (TPSA) is 72.1 Å². The minimum atomic E-state index is 0. The van der Waals surface area contributed by atoms with Gasteiger partial charge in [0.25, 0.3) is 0 Å². The molecule has 0 aromatic heterocycles. The van der Waals surface area contributed by atoms with E-state index in [9.17, 15) is 0 Å². The number of methoxy groups -OCH3 is 1. The molecular formula is C20H27IN4O2. The maximum absolute atomic E-state index is 6.11. The number of halogens is 1. The van der Waals surface area contributed by atoms with Crippen molar-refractivity contribution in [2.75, 3.05) is 43.6 Å². The number of morpholine rings is 1. The number of guanidine groups is 1. The first-order valence-corrected chi connectivity index (χ1v) is 8.82. The fraction of sp³-hybridized carbons (Fsp3) is 0.350. The minimum Gasteiger partial charge on any atom is -0.380 e. The fourth-order valence-corrected chi connectivity index (χ4v) is 3.03. The van der Waals surface area contributed by atoms with Crippen molar-refractivity contribution in [2.24, 2.45) is 10.7 Å². The standard InChI is InChI=1S/C20H26N4O2.HI/c1-25-15-17-7-2-4-8-18(17)23-20(21)22-14-16-6-3-5-9-19(16)24-10-12-26-13-11-24;/h2-9H,10-15H2,1H3,(H3,21,22,23);1H. The molecule has 0 unspecified atom stereocenters. The number of hydrogen-bond donors (Lipinski definition) is 2. The van der Waals surface area contributed by atoms with Crippen LogP contribution in [0.15, 0.2) is 53.5 Å². The van der Waals surface area contributed by atoms with Crippen molar-refractivity contribution in [3.63, 3.8) is 0 Å². The number of hydrogen-bond acceptors (Lipinski definition) is 4. The SMILES string of the molecule is COCc1ccccc1NC(N)=NCc1ccccc1N1CCOCC1.I. The second-order valence-electron chi connectivity index (χ2n) is 6.14. The number of ether oxygens (including phenoxy) is 2. The normalized spacial score (nSPS) is 14.6. The maximum atomic E-state index is 6.11. The highest BCUT2D eigenvalue weighted by Gasteiger charge is 2.14. The molecule has 7 heteroatoms. The van der Waals surface area contributed by atoms with Crippen LogP contribution in [0.1, 0.15) is 11.1 Å². The Bertz CT molecular complexity index is 748. The van der Waals surface area contributed by atoms with Crippen LogP contribution in [0.3, 0.4) is 0 Å². The molecule has 0 saturated carbocycles. The summed E-state index contributed by atoms with van der Waals surface area (Å²) >= 11 is 0. The summed E-state index contributed by atoms with van der Waals surface area (Å²) in [6, 6.07) is 16.2. The molecule has 1 fully saturated rings. The van der Waals surface area contributed by atoms with Crippen molar-refractivity contribution < 1.29 is 9.47 Å². The summed E-state index contributed by atoms with van der Waals surface area (Å²) in [6.07, 6.45) is 0. The van der Waals surface area contributed by atoms with Crippen LogP contribution in [0.5, 0.6) is 0 Å². The lowest BCUT2D eigenvalue weighted by molar-refractivity contribution is 0.122. The Labute approximate surface area is 177 Å². The van der Waals surface area contributed by atoms with E-state index in [0.717, 1.165) is 43.1 Å². The lowest BCUT2D eigenvalue weighted by Crippen LogP contribution is -2.36. The van der Waals surface area contributed by atoms with Crippen LogP contribution in [-0.4, -0.2) is 39.4 Å². The number of nitrogens with zero attached hydrogens (tertiary/aromatic N) is 2. The van der Waals surface area contributed by atoms with Crippen molar-refractivity contribution in [1.82, 2.24) is 0 Å². The third-order valence-electron chi connectivity index (χ3n) is 4.34. The lowest BCUT2D eigenvalue weighted by atomic mass is 10.1. The van der Waals surface area contributed by atoms with Gasteiger partial charge in [0.2, 0.25) is 0 Å². The van der Waals surface area contributed by atoms with E-state index in [2.05, 4.69) is 33.4 Å². The summed E-state index contributed by atoms with van der Waals surface area (Å²) in [6.45, 7) is 4.38. The van der Waals surface area contributed by atoms with Gasteiger partial charge in [0.15, 0.2) is 5.96 Å². The van der Waals surface area contributed by atoms with E-state index >= 15 is 0 Å². The van der Waals surface area contributed by atoms with Gasteiger partial charge >= 0.3 is 0 Å². The number of anilines is 2. The van der Waals surface area contributed by atoms with Crippen LogP contribution in [0.4, 0.5) is 11.4 Å². The number of benzene rings is 2. The number of aliphatic imine (C=N–C) groups is 1. The van der Waals surface area contributed by atoms with Gasteiger partial charge < -0.3 is 25.4 Å². The first kappa shape index (κ1) is 21.5. The number of para-hydroxylation sites is 2. The molecule has 0 spiro atoms. The zero-order valence-corrected chi connectivity index (χ0v) is 17.9. The monoisotopic (exact) mass is 482 g/mol. The highest BCUT2D eigenvalue weighted by molar-refractivity contribution is 14.0. The average Bonchev–Trinajstić information content (AvgIpc) is 2.69. The van der Waals surface area contributed by atoms with E-state index < -0.39 is 0 Å². The van der Waals surface area contributed by atoms with Gasteiger partial charge in [-0.15, -0.1) is 24.0 Å². The van der Waals surface area contributed by atoms with Gasteiger partial charge in [0.1, 0.15) is 0 Å². The summed E-state index contributed by atoms with van der Waals surface area (Å²) in [5, 5.41) is 3.18. The second-order valence-corrected chi connectivity index (χ2v) is 6.14. The zero-order valence-electron chi connectivity index (χ0n) is 15.6. The van der Waals surface area contributed by atoms with E-state index in [-0.39, 0.29) is 24.0 Å². The molecule has 0 amide bonds. The maximum Gasteiger partial charge on any atom is 0.193 e. The second kappa shape index (κ2) is 11.1. The van der Waals surface area contributed by atoms with Crippen molar-refractivity contribution in [2.45, 2.75) is 13.2 Å². The van der Waals surface area contributed by atoms with Crippen LogP contribution < -0.4 is 16.0 Å². The Morgan fingerprint density at radius 3 is 2.52 bits per heavy atom. The van der Waals surface area contributed by atoms with Gasteiger partial charge in [-0.3, -0.25) is 0 Å². The average molecular weight is 482 g/mol. The van der Waals surface area contributed by atoms with Crippen molar-refractivity contribution in [3.8, 4) is 0 Å². The summed E-state index contributed by atoms with van der Waals surface area (Å²) in [5.74, 6) is 0.394. The third kappa shape index (κ3) is 6.08. The molecule has 0 atom stereocenters. The first-order chi connectivity index (χ1) is 12.8. The Morgan fingerprint density at radius 2 is 1.78 bits per heavy atom. The molecule has 1 aliphatic heterocycles. The van der Waals surface area contributed by atoms with E-state index in [1.54, 1.807) is 7.11 Å². The molecule has 0 bridgehead atoms. The largest absolute Gasteiger partial charge is 0.380 e. The minimum absolute atomic E-state index is 0. The van der Waals surface area contributed by atoms with Crippen LogP contribution in [0.2, 0.25) is 0 Å². The lowest BCUT2D eigenvalue weighted by Gasteiger charge is -2.30. The molecule has 2 aromatic carbocycles. The molecule has 146 valence electrons. The van der Waals surface area contributed by atoms with Crippen LogP contribution in [0.25, 0.3) is 0 Å². The van der Waals surface area contributed by atoms with E-state index in [0.29, 0.717) is 19.1 Å². The van der Waals surface area contributed by atoms with Crippen molar-refractivity contribution in [3.05, 3.63) is 59.7 Å². The smallest absolute Gasteiger partial charge is 0.193 e. The van der Waals surface area contributed by atoms with Gasteiger partial charge in [-0.1, -0.05) is 36.4 Å². The number of nitrogens with two attached hydrogens (primary N) is 1. The summed E-state index contributed by atoms with van der Waals surface area (Å²) in [5.41, 5.74) is 10.4. The number of nitrogens with one attached hydrogen (secondary N) is 1. The molecular weight excluding hydrogens is 455 g/mol. The van der Waals surface area contributed by atoms with Gasteiger partial charge in [0.05, 0.1) is 26.4 Å². The van der Waals surface area contributed by atoms with Crippen LogP contribution >= 0.6 is 24.0 Å². The summed E-state index contributed by atoms with van der Waals surface area (Å²) in [7, 11) is 1.68. The van der Waals surface area contributed by atoms with E-state index in [1.165, 1.54) is 5.69 Å². The molecule has 0 aliphatic carbocycles. The van der Waals surface area contributed by atoms with Gasteiger partial charge in [-0.05, 0) is 17.7 Å². The number of rotatable bonds is 6. The first-order valence-electron chi connectivity index (χ1n) is 8.82.